The molecule has 1 aromatic carbocycles. The molecule has 3 atom stereocenters. The van der Waals surface area contributed by atoms with Crippen LogP contribution in [0.5, 0.6) is 0 Å². The summed E-state index contributed by atoms with van der Waals surface area (Å²) in [5.74, 6) is -0.154. The first kappa shape index (κ1) is 12.6. The molecule has 2 rings (SSSR count). The molecule has 0 bridgehead atoms. The van der Waals surface area contributed by atoms with E-state index in [9.17, 15) is 13.5 Å². The summed E-state index contributed by atoms with van der Waals surface area (Å²) in [6, 6.07) is 8.03. The van der Waals surface area contributed by atoms with Crippen molar-refractivity contribution in [2.45, 2.75) is 24.5 Å². The molecule has 1 N–H and O–H groups in total. The molecule has 0 heterocycles. The fourth-order valence-electron chi connectivity index (χ4n) is 2.56. The van der Waals surface area contributed by atoms with Crippen LogP contribution in [-0.4, -0.2) is 31.6 Å². The van der Waals surface area contributed by atoms with Gasteiger partial charge in [-0.05, 0) is 17.5 Å². The van der Waals surface area contributed by atoms with E-state index in [1.807, 2.05) is 24.3 Å². The quantitative estimate of drug-likeness (QED) is 0.883. The van der Waals surface area contributed by atoms with Gasteiger partial charge < -0.3 is 5.11 Å². The zero-order chi connectivity index (χ0) is 12.6. The molecule has 1 fully saturated rings. The summed E-state index contributed by atoms with van der Waals surface area (Å²) >= 11 is 0. The maximum Gasteiger partial charge on any atom is 0.151 e. The molecule has 0 unspecified atom stereocenters. The number of rotatable bonds is 4. The molecule has 0 aromatic heterocycles. The highest BCUT2D eigenvalue weighted by Gasteiger charge is 2.56. The van der Waals surface area contributed by atoms with Gasteiger partial charge in [0.2, 0.25) is 0 Å². The Morgan fingerprint density at radius 3 is 2.18 bits per heavy atom. The van der Waals surface area contributed by atoms with Gasteiger partial charge in [0.1, 0.15) is 0 Å². The molecule has 4 heteroatoms. The van der Waals surface area contributed by atoms with Gasteiger partial charge in [-0.25, -0.2) is 8.42 Å². The van der Waals surface area contributed by atoms with Crippen LogP contribution in [-0.2, 0) is 16.3 Å². The Hall–Kier alpha value is -0.870. The summed E-state index contributed by atoms with van der Waals surface area (Å²) in [6.07, 6.45) is 2.23. The number of aliphatic hydroxyl groups excluding tert-OH is 1. The summed E-state index contributed by atoms with van der Waals surface area (Å²) in [6.45, 7) is 2.03. The zero-order valence-electron chi connectivity index (χ0n) is 10.1. The van der Waals surface area contributed by atoms with Crippen LogP contribution >= 0.6 is 0 Å². The molecule has 17 heavy (non-hydrogen) atoms. The van der Waals surface area contributed by atoms with E-state index in [4.69, 9.17) is 0 Å². The smallest absolute Gasteiger partial charge is 0.151 e. The topological polar surface area (TPSA) is 54.4 Å². The summed E-state index contributed by atoms with van der Waals surface area (Å²) in [7, 11) is -3.06. The van der Waals surface area contributed by atoms with Crippen molar-refractivity contribution in [3.63, 3.8) is 0 Å². The lowest BCUT2D eigenvalue weighted by atomic mass is 10.1. The first-order valence-corrected chi connectivity index (χ1v) is 7.83. The maximum absolute atomic E-state index is 11.6. The monoisotopic (exact) mass is 254 g/mol. The van der Waals surface area contributed by atoms with E-state index in [1.165, 1.54) is 11.8 Å². The second-order valence-corrected chi connectivity index (χ2v) is 6.96. The molecule has 0 saturated heterocycles. The summed E-state index contributed by atoms with van der Waals surface area (Å²) in [4.78, 5) is 0. The number of sulfone groups is 1. The first-order valence-electron chi connectivity index (χ1n) is 5.87. The summed E-state index contributed by atoms with van der Waals surface area (Å²) < 4.78 is 23.1. The van der Waals surface area contributed by atoms with Gasteiger partial charge in [-0.3, -0.25) is 0 Å². The van der Waals surface area contributed by atoms with E-state index in [2.05, 4.69) is 6.92 Å². The van der Waals surface area contributed by atoms with Gasteiger partial charge in [0, 0.05) is 24.7 Å². The minimum atomic E-state index is -3.06. The van der Waals surface area contributed by atoms with Gasteiger partial charge in [0.15, 0.2) is 9.84 Å². The number of hydrogen-bond donors (Lipinski definition) is 1. The lowest BCUT2D eigenvalue weighted by Crippen LogP contribution is -2.08. The fraction of sp³-hybridized carbons (Fsp3) is 0.538. The third-order valence-corrected chi connectivity index (χ3v) is 5.21. The molecule has 3 nitrogen and oxygen atoms in total. The van der Waals surface area contributed by atoms with Gasteiger partial charge in [-0.15, -0.1) is 0 Å². The average molecular weight is 254 g/mol. The standard InChI is InChI=1S/C13H18O3S/c1-3-9-4-6-10(7-5-9)12-11(8-14)13(12)17(2,15)16/h4-7,11-14H,3,8H2,1-2H3/t11-,12-,13+/m1/s1. The van der Waals surface area contributed by atoms with E-state index < -0.39 is 15.1 Å². The maximum atomic E-state index is 11.6. The Labute approximate surface area is 102 Å². The highest BCUT2D eigenvalue weighted by atomic mass is 32.2. The normalized spacial score (nSPS) is 28.1. The van der Waals surface area contributed by atoms with Crippen LogP contribution in [0.1, 0.15) is 24.0 Å². The second-order valence-electron chi connectivity index (χ2n) is 4.76. The minimum Gasteiger partial charge on any atom is -0.396 e. The van der Waals surface area contributed by atoms with E-state index >= 15 is 0 Å². The molecule has 1 aliphatic carbocycles. The summed E-state index contributed by atoms with van der Waals surface area (Å²) in [5.41, 5.74) is 2.27. The molecule has 0 amide bonds. The highest BCUT2D eigenvalue weighted by molar-refractivity contribution is 7.91. The lowest BCUT2D eigenvalue weighted by molar-refractivity contribution is 0.274. The van der Waals surface area contributed by atoms with Crippen LogP contribution < -0.4 is 0 Å². The van der Waals surface area contributed by atoms with Crippen LogP contribution in [0.4, 0.5) is 0 Å². The lowest BCUT2D eigenvalue weighted by Gasteiger charge is -2.01. The molecule has 0 aliphatic heterocycles. The van der Waals surface area contributed by atoms with E-state index in [1.54, 1.807) is 0 Å². The third-order valence-electron chi connectivity index (χ3n) is 3.57. The van der Waals surface area contributed by atoms with Crippen molar-refractivity contribution in [2.24, 2.45) is 5.92 Å². The van der Waals surface area contributed by atoms with Gasteiger partial charge in [0.25, 0.3) is 0 Å². The first-order chi connectivity index (χ1) is 7.99. The van der Waals surface area contributed by atoms with Crippen molar-refractivity contribution in [3.05, 3.63) is 35.4 Å². The van der Waals surface area contributed by atoms with Gasteiger partial charge in [-0.2, -0.15) is 0 Å². The van der Waals surface area contributed by atoms with Gasteiger partial charge in [-0.1, -0.05) is 31.2 Å². The summed E-state index contributed by atoms with van der Waals surface area (Å²) in [5, 5.41) is 8.81. The molecule has 0 radical (unpaired) electrons. The van der Waals surface area contributed by atoms with Crippen LogP contribution in [0, 0.1) is 5.92 Å². The van der Waals surface area contributed by atoms with E-state index in [-0.39, 0.29) is 18.4 Å². The van der Waals surface area contributed by atoms with Crippen molar-refractivity contribution in [2.75, 3.05) is 12.9 Å². The van der Waals surface area contributed by atoms with Crippen LogP contribution in [0.2, 0.25) is 0 Å². The van der Waals surface area contributed by atoms with Crippen molar-refractivity contribution in [1.29, 1.82) is 0 Å². The number of benzene rings is 1. The van der Waals surface area contributed by atoms with Gasteiger partial charge >= 0.3 is 0 Å². The second kappa shape index (κ2) is 4.42. The fourth-order valence-corrected chi connectivity index (χ4v) is 4.25. The Morgan fingerprint density at radius 1 is 1.24 bits per heavy atom. The van der Waals surface area contributed by atoms with Crippen LogP contribution in [0.15, 0.2) is 24.3 Å². The number of hydrogen-bond acceptors (Lipinski definition) is 3. The predicted molar refractivity (Wildman–Crippen MR) is 67.8 cm³/mol. The Balaban J connectivity index is 2.23. The van der Waals surface area contributed by atoms with Gasteiger partial charge in [0.05, 0.1) is 5.25 Å². The largest absolute Gasteiger partial charge is 0.396 e. The number of aliphatic hydroxyl groups is 1. The molecule has 94 valence electrons. The average Bonchev–Trinajstić information content (AvgIpc) is 3.03. The van der Waals surface area contributed by atoms with Crippen molar-refractivity contribution < 1.29 is 13.5 Å². The molecular formula is C13H18O3S. The minimum absolute atomic E-state index is 0.0269. The Kier molecular flexibility index (Phi) is 3.27. The van der Waals surface area contributed by atoms with Crippen LogP contribution in [0.3, 0.4) is 0 Å². The zero-order valence-corrected chi connectivity index (χ0v) is 10.9. The predicted octanol–water partition coefficient (Wildman–Crippen LogP) is 1.37. The molecular weight excluding hydrogens is 236 g/mol. The van der Waals surface area contributed by atoms with Crippen molar-refractivity contribution in [1.82, 2.24) is 0 Å². The Bertz CT molecular complexity index is 490. The van der Waals surface area contributed by atoms with E-state index in [0.717, 1.165) is 12.0 Å². The number of aryl methyl sites for hydroxylation is 1. The molecule has 1 saturated carbocycles. The van der Waals surface area contributed by atoms with Crippen molar-refractivity contribution in [3.8, 4) is 0 Å². The Morgan fingerprint density at radius 2 is 1.82 bits per heavy atom. The van der Waals surface area contributed by atoms with Crippen LogP contribution in [0.25, 0.3) is 0 Å². The highest BCUT2D eigenvalue weighted by Crippen LogP contribution is 2.51. The van der Waals surface area contributed by atoms with E-state index in [0.29, 0.717) is 0 Å². The SMILES string of the molecule is CCc1ccc([C@@H]2[C@@H](CO)[C@@H]2S(C)(=O)=O)cc1. The molecule has 1 aromatic rings. The third kappa shape index (κ3) is 2.38. The van der Waals surface area contributed by atoms with Crippen molar-refractivity contribution >= 4 is 9.84 Å². The molecule has 0 spiro atoms. The molecule has 1 aliphatic rings.